The zero-order valence-corrected chi connectivity index (χ0v) is 14.5. The third kappa shape index (κ3) is 3.93. The van der Waals surface area contributed by atoms with E-state index in [0.29, 0.717) is 0 Å². The van der Waals surface area contributed by atoms with Gasteiger partial charge >= 0.3 is 0 Å². The third-order valence-electron chi connectivity index (χ3n) is 7.15. The average Bonchev–Trinajstić information content (AvgIpc) is 2.56. The molecular formula is C21H36. The molecule has 0 aromatic heterocycles. The lowest BCUT2D eigenvalue weighted by atomic mass is 9.69. The molecule has 0 saturated heterocycles. The van der Waals surface area contributed by atoms with Crippen molar-refractivity contribution in [3.8, 4) is 0 Å². The zero-order valence-electron chi connectivity index (χ0n) is 14.5. The van der Waals surface area contributed by atoms with Crippen molar-refractivity contribution in [3.05, 3.63) is 11.1 Å². The Morgan fingerprint density at radius 3 is 1.67 bits per heavy atom. The van der Waals surface area contributed by atoms with E-state index >= 15 is 0 Å². The van der Waals surface area contributed by atoms with Gasteiger partial charge in [0, 0.05) is 0 Å². The van der Waals surface area contributed by atoms with Gasteiger partial charge in [-0.2, -0.15) is 0 Å². The molecule has 3 saturated carbocycles. The number of hydrogen-bond acceptors (Lipinski definition) is 0. The summed E-state index contributed by atoms with van der Waals surface area (Å²) in [6, 6.07) is 0. The van der Waals surface area contributed by atoms with Crippen LogP contribution < -0.4 is 0 Å². The lowest BCUT2D eigenvalue weighted by molar-refractivity contribution is 0.184. The van der Waals surface area contributed by atoms with Crippen LogP contribution in [0.1, 0.15) is 97.3 Å². The Bertz CT molecular complexity index is 336. The Hall–Kier alpha value is -0.260. The van der Waals surface area contributed by atoms with Gasteiger partial charge in [0.2, 0.25) is 0 Å². The smallest absolute Gasteiger partial charge is 0.0315 e. The largest absolute Gasteiger partial charge is 0.0710 e. The maximum absolute atomic E-state index is 2.45. The topological polar surface area (TPSA) is 0 Å². The second kappa shape index (κ2) is 7.34. The highest BCUT2D eigenvalue weighted by molar-refractivity contribution is 5.18. The van der Waals surface area contributed by atoms with Crippen molar-refractivity contribution in [2.45, 2.75) is 97.3 Å². The Labute approximate surface area is 132 Å². The highest BCUT2D eigenvalue weighted by Gasteiger charge is 2.29. The van der Waals surface area contributed by atoms with Crippen molar-refractivity contribution < 1.29 is 0 Å². The minimum atomic E-state index is 1.01. The second-order valence-electron chi connectivity index (χ2n) is 8.42. The van der Waals surface area contributed by atoms with Crippen molar-refractivity contribution in [1.29, 1.82) is 0 Å². The summed E-state index contributed by atoms with van der Waals surface area (Å²) in [6.07, 6.45) is 19.3. The zero-order chi connectivity index (χ0) is 14.7. The fourth-order valence-electron chi connectivity index (χ4n) is 5.36. The first-order valence-corrected chi connectivity index (χ1v) is 9.96. The van der Waals surface area contributed by atoms with Crippen molar-refractivity contribution in [2.24, 2.45) is 23.7 Å². The van der Waals surface area contributed by atoms with E-state index in [-0.39, 0.29) is 0 Å². The van der Waals surface area contributed by atoms with Crippen LogP contribution in [-0.4, -0.2) is 0 Å². The molecule has 3 aliphatic carbocycles. The standard InChI is InChI=1S/C21H36/c1-3-17-6-10-19(11-7-17)21-14-12-20(13-15-21)18-8-4-16(2)5-9-18/h16-18,20H,3-15H2,1-2H3. The molecule has 0 nitrogen and oxygen atoms in total. The predicted molar refractivity (Wildman–Crippen MR) is 92.4 cm³/mol. The van der Waals surface area contributed by atoms with Crippen LogP contribution in [0, 0.1) is 23.7 Å². The summed E-state index contributed by atoms with van der Waals surface area (Å²) in [5.74, 6) is 4.21. The van der Waals surface area contributed by atoms with Crippen LogP contribution in [0.3, 0.4) is 0 Å². The van der Waals surface area contributed by atoms with Crippen LogP contribution in [0.15, 0.2) is 11.1 Å². The molecule has 0 aliphatic heterocycles. The van der Waals surface area contributed by atoms with Crippen molar-refractivity contribution in [3.63, 3.8) is 0 Å². The number of allylic oxidation sites excluding steroid dienone is 2. The first kappa shape index (κ1) is 15.6. The molecule has 0 heteroatoms. The van der Waals surface area contributed by atoms with Crippen LogP contribution in [-0.2, 0) is 0 Å². The fraction of sp³-hybridized carbons (Fsp3) is 0.905. The van der Waals surface area contributed by atoms with E-state index < -0.39 is 0 Å². The van der Waals surface area contributed by atoms with E-state index in [1.54, 1.807) is 0 Å². The summed E-state index contributed by atoms with van der Waals surface area (Å²) in [7, 11) is 0. The molecule has 0 atom stereocenters. The molecule has 0 bridgehead atoms. The molecule has 120 valence electrons. The monoisotopic (exact) mass is 288 g/mol. The minimum absolute atomic E-state index is 1.01. The molecule has 0 radical (unpaired) electrons. The fourth-order valence-corrected chi connectivity index (χ4v) is 5.36. The van der Waals surface area contributed by atoms with Crippen molar-refractivity contribution in [1.82, 2.24) is 0 Å². The molecule has 0 aromatic carbocycles. The van der Waals surface area contributed by atoms with Gasteiger partial charge in [0.1, 0.15) is 0 Å². The SMILES string of the molecule is CCC1CCC(=C2CCC(C3CCC(C)CC3)CC2)CC1. The van der Waals surface area contributed by atoms with E-state index in [0.717, 1.165) is 23.7 Å². The van der Waals surface area contributed by atoms with Gasteiger partial charge < -0.3 is 0 Å². The first-order valence-electron chi connectivity index (χ1n) is 9.96. The minimum Gasteiger partial charge on any atom is -0.0710 e. The van der Waals surface area contributed by atoms with Crippen molar-refractivity contribution >= 4 is 0 Å². The average molecular weight is 289 g/mol. The second-order valence-corrected chi connectivity index (χ2v) is 8.42. The van der Waals surface area contributed by atoms with Gasteiger partial charge in [-0.05, 0) is 87.9 Å². The van der Waals surface area contributed by atoms with E-state index in [1.807, 2.05) is 11.1 Å². The van der Waals surface area contributed by atoms with Gasteiger partial charge in [0.25, 0.3) is 0 Å². The predicted octanol–water partition coefficient (Wildman–Crippen LogP) is 6.90. The number of hydrogen-bond donors (Lipinski definition) is 0. The summed E-state index contributed by atoms with van der Waals surface area (Å²) in [4.78, 5) is 0. The molecular weight excluding hydrogens is 252 g/mol. The first-order chi connectivity index (χ1) is 10.3. The van der Waals surface area contributed by atoms with Crippen LogP contribution in [0.25, 0.3) is 0 Å². The quantitative estimate of drug-likeness (QED) is 0.485. The van der Waals surface area contributed by atoms with Crippen molar-refractivity contribution in [2.75, 3.05) is 0 Å². The molecule has 0 spiro atoms. The molecule has 0 unspecified atom stereocenters. The van der Waals surface area contributed by atoms with E-state index in [4.69, 9.17) is 0 Å². The molecule has 3 rings (SSSR count). The molecule has 0 heterocycles. The van der Waals surface area contributed by atoms with Gasteiger partial charge in [0.15, 0.2) is 0 Å². The Morgan fingerprint density at radius 1 is 0.667 bits per heavy atom. The summed E-state index contributed by atoms with van der Waals surface area (Å²) in [5, 5.41) is 0. The summed E-state index contributed by atoms with van der Waals surface area (Å²) >= 11 is 0. The Morgan fingerprint density at radius 2 is 1.14 bits per heavy atom. The molecule has 0 N–H and O–H groups in total. The van der Waals surface area contributed by atoms with Gasteiger partial charge in [0.05, 0.1) is 0 Å². The molecule has 0 amide bonds. The van der Waals surface area contributed by atoms with Crippen LogP contribution in [0.2, 0.25) is 0 Å². The summed E-state index contributed by atoms with van der Waals surface area (Å²) in [5.41, 5.74) is 3.81. The molecule has 3 aliphatic rings. The lowest BCUT2D eigenvalue weighted by Gasteiger charge is -2.36. The Kier molecular flexibility index (Phi) is 5.46. The highest BCUT2D eigenvalue weighted by Crippen LogP contribution is 2.43. The van der Waals surface area contributed by atoms with Crippen LogP contribution in [0.4, 0.5) is 0 Å². The van der Waals surface area contributed by atoms with E-state index in [2.05, 4.69) is 13.8 Å². The highest BCUT2D eigenvalue weighted by atomic mass is 14.3. The number of rotatable bonds is 2. The molecule has 21 heavy (non-hydrogen) atoms. The summed E-state index contributed by atoms with van der Waals surface area (Å²) in [6.45, 7) is 4.82. The summed E-state index contributed by atoms with van der Waals surface area (Å²) < 4.78 is 0. The van der Waals surface area contributed by atoms with Gasteiger partial charge in [-0.25, -0.2) is 0 Å². The van der Waals surface area contributed by atoms with E-state index in [9.17, 15) is 0 Å². The van der Waals surface area contributed by atoms with E-state index in [1.165, 1.54) is 83.5 Å². The normalized spacial score (nSPS) is 38.6. The molecule has 0 aromatic rings. The maximum Gasteiger partial charge on any atom is -0.0315 e. The van der Waals surface area contributed by atoms with Crippen LogP contribution >= 0.6 is 0 Å². The lowest BCUT2D eigenvalue weighted by Crippen LogP contribution is -2.23. The Balaban J connectivity index is 1.49. The third-order valence-corrected chi connectivity index (χ3v) is 7.15. The maximum atomic E-state index is 2.45. The van der Waals surface area contributed by atoms with Gasteiger partial charge in [-0.15, -0.1) is 0 Å². The van der Waals surface area contributed by atoms with Gasteiger partial charge in [-0.1, -0.05) is 44.3 Å². The van der Waals surface area contributed by atoms with Crippen LogP contribution in [0.5, 0.6) is 0 Å². The van der Waals surface area contributed by atoms with Gasteiger partial charge in [-0.3, -0.25) is 0 Å². The molecule has 3 fully saturated rings.